The zero-order chi connectivity index (χ0) is 32.4. The molecule has 0 bridgehead atoms. The van der Waals surface area contributed by atoms with E-state index in [9.17, 15) is 22.8 Å². The molecular weight excluding hydrogens is 584 g/mol. The zero-order valence-electron chi connectivity index (χ0n) is 26.5. The second-order valence-corrected chi connectivity index (χ2v) is 14.9. The van der Waals surface area contributed by atoms with Gasteiger partial charge in [-0.15, -0.1) is 0 Å². The predicted octanol–water partition coefficient (Wildman–Crippen LogP) is 3.51. The maximum Gasteiger partial charge on any atom is 0.410 e. The molecule has 1 saturated carbocycles. The largest absolute Gasteiger partial charge is 0.444 e. The summed E-state index contributed by atoms with van der Waals surface area (Å²) in [6, 6.07) is 11.5. The van der Waals surface area contributed by atoms with Crippen molar-refractivity contribution in [2.45, 2.75) is 64.5 Å². The van der Waals surface area contributed by atoms with Gasteiger partial charge >= 0.3 is 6.09 Å². The van der Waals surface area contributed by atoms with E-state index >= 15 is 0 Å². The monoisotopic (exact) mass is 628 g/mol. The van der Waals surface area contributed by atoms with Gasteiger partial charge in [-0.1, -0.05) is 37.3 Å². The van der Waals surface area contributed by atoms with Crippen molar-refractivity contribution in [3.8, 4) is 0 Å². The number of piperidine rings is 1. The number of aromatic nitrogens is 1. The highest BCUT2D eigenvalue weighted by molar-refractivity contribution is 7.92. The van der Waals surface area contributed by atoms with Crippen LogP contribution in [0.5, 0.6) is 0 Å². The van der Waals surface area contributed by atoms with Crippen LogP contribution in [-0.2, 0) is 19.6 Å². The molecule has 240 valence electrons. The van der Waals surface area contributed by atoms with Gasteiger partial charge in [-0.25, -0.2) is 18.2 Å². The van der Waals surface area contributed by atoms with Crippen LogP contribution in [0.3, 0.4) is 0 Å². The molecular formula is C31H44N6O6S. The number of nitrogens with one attached hydrogen (secondary N) is 2. The van der Waals surface area contributed by atoms with E-state index in [0.29, 0.717) is 43.6 Å². The highest BCUT2D eigenvalue weighted by atomic mass is 32.2. The number of hydrogen-bond donors (Lipinski definition) is 2. The van der Waals surface area contributed by atoms with Gasteiger partial charge in [-0.3, -0.25) is 29.6 Å². The number of carbonyl (C=O) groups excluding carboxylic acids is 3. The smallest absolute Gasteiger partial charge is 0.410 e. The molecule has 4 unspecified atom stereocenters. The second kappa shape index (κ2) is 13.0. The SMILES string of the molecule is CC1CC1CN(C)c1cc(C(=O)NNC(=O)C2C(c3ccccc3)CCCN2C(=O)OC(C)(C)C)cc(N(C)S(C)(=O)=O)n1. The van der Waals surface area contributed by atoms with Crippen molar-refractivity contribution in [3.05, 3.63) is 53.6 Å². The van der Waals surface area contributed by atoms with Gasteiger partial charge in [0, 0.05) is 38.7 Å². The number of nitrogens with zero attached hydrogens (tertiary/aromatic N) is 4. The van der Waals surface area contributed by atoms with Crippen LogP contribution in [0.25, 0.3) is 0 Å². The van der Waals surface area contributed by atoms with Gasteiger partial charge in [0.2, 0.25) is 10.0 Å². The summed E-state index contributed by atoms with van der Waals surface area (Å²) >= 11 is 0. The molecule has 2 heterocycles. The van der Waals surface area contributed by atoms with E-state index in [-0.39, 0.29) is 17.3 Å². The van der Waals surface area contributed by atoms with Crippen LogP contribution in [0, 0.1) is 11.8 Å². The van der Waals surface area contributed by atoms with E-state index in [2.05, 4.69) is 22.8 Å². The lowest BCUT2D eigenvalue weighted by Gasteiger charge is -2.40. The molecule has 1 aliphatic heterocycles. The van der Waals surface area contributed by atoms with Gasteiger partial charge in [0.25, 0.3) is 11.8 Å². The van der Waals surface area contributed by atoms with Crippen LogP contribution in [0.4, 0.5) is 16.4 Å². The minimum atomic E-state index is -3.66. The van der Waals surface area contributed by atoms with Gasteiger partial charge in [-0.2, -0.15) is 0 Å². The third-order valence-corrected chi connectivity index (χ3v) is 9.29. The van der Waals surface area contributed by atoms with Crippen LogP contribution in [0.1, 0.15) is 68.8 Å². The number of benzene rings is 1. The fourth-order valence-electron chi connectivity index (χ4n) is 5.42. The number of amides is 3. The van der Waals surface area contributed by atoms with Crippen LogP contribution >= 0.6 is 0 Å². The lowest BCUT2D eigenvalue weighted by Crippen LogP contribution is -2.58. The molecule has 44 heavy (non-hydrogen) atoms. The second-order valence-electron chi connectivity index (χ2n) is 12.9. The fraction of sp³-hybridized carbons (Fsp3) is 0.548. The average Bonchev–Trinajstić information content (AvgIpc) is 3.67. The van der Waals surface area contributed by atoms with E-state index < -0.39 is 39.6 Å². The standard InChI is InChI=1S/C31H44N6O6S/c1-20-16-23(20)19-35(5)25-17-22(18-26(32-25)36(6)44(7,41)42)28(38)33-34-29(39)27-24(21-12-9-8-10-13-21)14-11-15-37(27)30(40)43-31(2,3)4/h8-10,12-13,17-18,20,23-24,27H,11,14-16,19H2,1-7H3,(H,33,38)(H,34,39). The van der Waals surface area contributed by atoms with E-state index in [1.54, 1.807) is 26.8 Å². The Labute approximate surface area is 260 Å². The quantitative estimate of drug-likeness (QED) is 0.423. The predicted molar refractivity (Wildman–Crippen MR) is 169 cm³/mol. The summed E-state index contributed by atoms with van der Waals surface area (Å²) < 4.78 is 31.2. The van der Waals surface area contributed by atoms with Crippen LogP contribution in [-0.4, -0.2) is 81.3 Å². The molecule has 2 aliphatic rings. The summed E-state index contributed by atoms with van der Waals surface area (Å²) in [6.07, 6.45) is 2.89. The van der Waals surface area contributed by atoms with Crippen molar-refractivity contribution in [2.75, 3.05) is 42.6 Å². The number of carbonyl (C=O) groups is 3. The number of rotatable bonds is 8. The van der Waals surface area contributed by atoms with Gasteiger partial charge in [0.1, 0.15) is 23.3 Å². The Morgan fingerprint density at radius 1 is 1.07 bits per heavy atom. The first kappa shape index (κ1) is 33.0. The van der Waals surface area contributed by atoms with Gasteiger partial charge in [0.15, 0.2) is 0 Å². The van der Waals surface area contributed by atoms with Crippen molar-refractivity contribution in [1.29, 1.82) is 0 Å². The summed E-state index contributed by atoms with van der Waals surface area (Å²) in [4.78, 5) is 48.2. The Balaban J connectivity index is 1.58. The first-order valence-electron chi connectivity index (χ1n) is 14.9. The van der Waals surface area contributed by atoms with Crippen molar-refractivity contribution < 1.29 is 27.5 Å². The van der Waals surface area contributed by atoms with E-state index in [1.807, 2.05) is 42.3 Å². The Bertz CT molecular complexity index is 1480. The Morgan fingerprint density at radius 2 is 1.70 bits per heavy atom. The molecule has 4 rings (SSSR count). The Morgan fingerprint density at radius 3 is 2.30 bits per heavy atom. The number of likely N-dealkylation sites (tertiary alicyclic amines) is 1. The van der Waals surface area contributed by atoms with Crippen molar-refractivity contribution in [1.82, 2.24) is 20.7 Å². The summed E-state index contributed by atoms with van der Waals surface area (Å²) in [5.74, 6) is 0.0449. The molecule has 0 spiro atoms. The molecule has 0 radical (unpaired) electrons. The number of ether oxygens (including phenoxy) is 1. The minimum absolute atomic E-state index is 0.0738. The number of hydrazine groups is 1. The molecule has 4 atom stereocenters. The summed E-state index contributed by atoms with van der Waals surface area (Å²) in [5.41, 5.74) is 5.25. The lowest BCUT2D eigenvalue weighted by atomic mass is 9.83. The van der Waals surface area contributed by atoms with Gasteiger partial charge in [0.05, 0.1) is 6.26 Å². The summed E-state index contributed by atoms with van der Waals surface area (Å²) in [6.45, 7) is 8.49. The number of pyridine rings is 1. The van der Waals surface area contributed by atoms with E-state index in [0.717, 1.165) is 22.5 Å². The summed E-state index contributed by atoms with van der Waals surface area (Å²) in [5, 5.41) is 0. The summed E-state index contributed by atoms with van der Waals surface area (Å²) in [7, 11) is -0.446. The average molecular weight is 629 g/mol. The fourth-order valence-corrected chi connectivity index (χ4v) is 5.85. The molecule has 1 aliphatic carbocycles. The Hall–Kier alpha value is -3.87. The third-order valence-electron chi connectivity index (χ3n) is 8.11. The maximum absolute atomic E-state index is 13.8. The Kier molecular flexibility index (Phi) is 9.77. The van der Waals surface area contributed by atoms with Crippen LogP contribution in [0.2, 0.25) is 0 Å². The highest BCUT2D eigenvalue weighted by Gasteiger charge is 2.42. The highest BCUT2D eigenvalue weighted by Crippen LogP contribution is 2.39. The lowest BCUT2D eigenvalue weighted by molar-refractivity contribution is -0.129. The molecule has 2 aromatic rings. The minimum Gasteiger partial charge on any atom is -0.444 e. The van der Waals surface area contributed by atoms with Crippen molar-refractivity contribution in [3.63, 3.8) is 0 Å². The molecule has 1 saturated heterocycles. The number of anilines is 2. The van der Waals surface area contributed by atoms with E-state index in [1.165, 1.54) is 18.0 Å². The molecule has 1 aromatic carbocycles. The van der Waals surface area contributed by atoms with Crippen LogP contribution < -0.4 is 20.1 Å². The first-order chi connectivity index (χ1) is 20.5. The van der Waals surface area contributed by atoms with Crippen LogP contribution in [0.15, 0.2) is 42.5 Å². The molecule has 2 fully saturated rings. The van der Waals surface area contributed by atoms with Crippen molar-refractivity contribution >= 4 is 39.6 Å². The van der Waals surface area contributed by atoms with Crippen molar-refractivity contribution in [2.24, 2.45) is 11.8 Å². The molecule has 13 heteroatoms. The molecule has 12 nitrogen and oxygen atoms in total. The first-order valence-corrected chi connectivity index (χ1v) is 16.7. The van der Waals surface area contributed by atoms with E-state index in [4.69, 9.17) is 4.74 Å². The maximum atomic E-state index is 13.8. The third kappa shape index (κ3) is 8.19. The normalized spacial score (nSPS) is 21.7. The van der Waals surface area contributed by atoms with Gasteiger partial charge in [-0.05, 0) is 69.6 Å². The number of hydrogen-bond acceptors (Lipinski definition) is 8. The topological polar surface area (TPSA) is 141 Å². The zero-order valence-corrected chi connectivity index (χ0v) is 27.3. The molecule has 1 aromatic heterocycles. The number of sulfonamides is 1. The molecule has 3 amide bonds. The molecule has 2 N–H and O–H groups in total. The van der Waals surface area contributed by atoms with Gasteiger partial charge < -0.3 is 9.64 Å².